The normalized spacial score (nSPS) is 11.8. The molecule has 1 atom stereocenters. The summed E-state index contributed by atoms with van der Waals surface area (Å²) in [6.45, 7) is 7.04. The number of ether oxygens (including phenoxy) is 1. The molecule has 1 amide bonds. The van der Waals surface area contributed by atoms with Gasteiger partial charge in [-0.15, -0.1) is 0 Å². The molecule has 0 bridgehead atoms. The minimum Gasteiger partial charge on any atom is -0.494 e. The standard InChI is InChI=1S/C14H19NO4/c1-7-6-8(2)11(12(19-5)9(7)3)15-13(16)10(4)14(17)18/h6,10H,1-5H3,(H,15,16)(H,17,18). The summed E-state index contributed by atoms with van der Waals surface area (Å²) in [6, 6.07) is 1.93. The van der Waals surface area contributed by atoms with Crippen LogP contribution < -0.4 is 10.1 Å². The van der Waals surface area contributed by atoms with E-state index in [9.17, 15) is 9.59 Å². The van der Waals surface area contributed by atoms with Gasteiger partial charge in [0.05, 0.1) is 12.8 Å². The number of benzene rings is 1. The first-order chi connectivity index (χ1) is 8.79. The minimum absolute atomic E-state index is 0.531. The highest BCUT2D eigenvalue weighted by Crippen LogP contribution is 2.34. The summed E-state index contributed by atoms with van der Waals surface area (Å²) < 4.78 is 5.32. The summed E-state index contributed by atoms with van der Waals surface area (Å²) in [5, 5.41) is 11.5. The van der Waals surface area contributed by atoms with Crippen LogP contribution in [-0.2, 0) is 9.59 Å². The maximum absolute atomic E-state index is 11.8. The maximum Gasteiger partial charge on any atom is 0.315 e. The van der Waals surface area contributed by atoms with Gasteiger partial charge in [0, 0.05) is 0 Å². The number of amides is 1. The zero-order chi connectivity index (χ0) is 14.7. The molecule has 5 heteroatoms. The third kappa shape index (κ3) is 3.05. The molecule has 5 nitrogen and oxygen atoms in total. The van der Waals surface area contributed by atoms with Gasteiger partial charge in [0.25, 0.3) is 0 Å². The number of aliphatic carboxylic acids is 1. The molecule has 0 aliphatic rings. The van der Waals surface area contributed by atoms with Crippen LogP contribution in [0.2, 0.25) is 0 Å². The molecule has 0 aliphatic heterocycles. The number of hydrogen-bond donors (Lipinski definition) is 2. The summed E-state index contributed by atoms with van der Waals surface area (Å²) in [5.41, 5.74) is 3.35. The van der Waals surface area contributed by atoms with Crippen molar-refractivity contribution in [2.75, 3.05) is 12.4 Å². The number of carbonyl (C=O) groups excluding carboxylic acids is 1. The van der Waals surface area contributed by atoms with Crippen LogP contribution in [0.5, 0.6) is 5.75 Å². The lowest BCUT2D eigenvalue weighted by molar-refractivity contribution is -0.144. The van der Waals surface area contributed by atoms with E-state index in [1.807, 2.05) is 26.8 Å². The molecular weight excluding hydrogens is 246 g/mol. The Hall–Kier alpha value is -2.04. The lowest BCUT2D eigenvalue weighted by Crippen LogP contribution is -2.27. The molecule has 1 unspecified atom stereocenters. The highest BCUT2D eigenvalue weighted by atomic mass is 16.5. The van der Waals surface area contributed by atoms with Crippen molar-refractivity contribution in [1.82, 2.24) is 0 Å². The molecule has 0 radical (unpaired) electrons. The van der Waals surface area contributed by atoms with Crippen molar-refractivity contribution < 1.29 is 19.4 Å². The van der Waals surface area contributed by atoms with Gasteiger partial charge in [0.2, 0.25) is 5.91 Å². The highest BCUT2D eigenvalue weighted by molar-refractivity contribution is 6.05. The Morgan fingerprint density at radius 2 is 1.84 bits per heavy atom. The van der Waals surface area contributed by atoms with Crippen molar-refractivity contribution >= 4 is 17.6 Å². The van der Waals surface area contributed by atoms with E-state index in [2.05, 4.69) is 5.32 Å². The van der Waals surface area contributed by atoms with E-state index in [4.69, 9.17) is 9.84 Å². The Morgan fingerprint density at radius 1 is 1.26 bits per heavy atom. The fraction of sp³-hybridized carbons (Fsp3) is 0.429. The Labute approximate surface area is 112 Å². The lowest BCUT2D eigenvalue weighted by atomic mass is 10.0. The first-order valence-corrected chi connectivity index (χ1v) is 5.98. The van der Waals surface area contributed by atoms with Gasteiger partial charge in [0.15, 0.2) is 0 Å². The SMILES string of the molecule is COc1c(C)c(C)cc(C)c1NC(=O)C(C)C(=O)O. The zero-order valence-corrected chi connectivity index (χ0v) is 11.8. The molecule has 0 aliphatic carbocycles. The van der Waals surface area contributed by atoms with Gasteiger partial charge in [-0.3, -0.25) is 9.59 Å². The number of carboxylic acids is 1. The lowest BCUT2D eigenvalue weighted by Gasteiger charge is -2.18. The summed E-state index contributed by atoms with van der Waals surface area (Å²) in [6.07, 6.45) is 0. The molecule has 19 heavy (non-hydrogen) atoms. The van der Waals surface area contributed by atoms with Crippen molar-refractivity contribution in [3.63, 3.8) is 0 Å². The molecule has 1 aromatic carbocycles. The van der Waals surface area contributed by atoms with E-state index < -0.39 is 17.8 Å². The largest absolute Gasteiger partial charge is 0.494 e. The first kappa shape index (κ1) is 15.0. The van der Waals surface area contributed by atoms with Gasteiger partial charge in [0.1, 0.15) is 11.7 Å². The molecule has 1 rings (SSSR count). The average Bonchev–Trinajstić information content (AvgIpc) is 2.35. The van der Waals surface area contributed by atoms with Gasteiger partial charge in [-0.05, 0) is 44.4 Å². The first-order valence-electron chi connectivity index (χ1n) is 5.98. The van der Waals surface area contributed by atoms with Gasteiger partial charge in [-0.25, -0.2) is 0 Å². The van der Waals surface area contributed by atoms with E-state index >= 15 is 0 Å². The second-order valence-corrected chi connectivity index (χ2v) is 4.59. The predicted octanol–water partition coefficient (Wildman–Crippen LogP) is 2.28. The number of carboxylic acid groups (broad SMARTS) is 1. The van der Waals surface area contributed by atoms with Crippen LogP contribution in [0, 0.1) is 26.7 Å². The molecule has 104 valence electrons. The Balaban J connectivity index is 3.18. The molecular formula is C14H19NO4. The van der Waals surface area contributed by atoms with E-state index in [1.54, 1.807) is 0 Å². The number of carbonyl (C=O) groups is 2. The third-order valence-electron chi connectivity index (χ3n) is 3.20. The molecule has 0 saturated heterocycles. The number of nitrogens with one attached hydrogen (secondary N) is 1. The molecule has 0 spiro atoms. The number of hydrogen-bond acceptors (Lipinski definition) is 3. The Bertz CT molecular complexity index is 523. The monoisotopic (exact) mass is 265 g/mol. The van der Waals surface area contributed by atoms with Gasteiger partial charge in [-0.1, -0.05) is 6.07 Å². The fourth-order valence-corrected chi connectivity index (χ4v) is 1.80. The summed E-state index contributed by atoms with van der Waals surface area (Å²) >= 11 is 0. The van der Waals surface area contributed by atoms with E-state index in [-0.39, 0.29) is 0 Å². The van der Waals surface area contributed by atoms with Gasteiger partial charge in [-0.2, -0.15) is 0 Å². The van der Waals surface area contributed by atoms with E-state index in [0.29, 0.717) is 11.4 Å². The van der Waals surface area contributed by atoms with Gasteiger partial charge < -0.3 is 15.2 Å². The van der Waals surface area contributed by atoms with Crippen molar-refractivity contribution in [1.29, 1.82) is 0 Å². The highest BCUT2D eigenvalue weighted by Gasteiger charge is 2.23. The van der Waals surface area contributed by atoms with Crippen LogP contribution in [0.15, 0.2) is 6.07 Å². The van der Waals surface area contributed by atoms with Crippen LogP contribution in [0.3, 0.4) is 0 Å². The van der Waals surface area contributed by atoms with E-state index in [0.717, 1.165) is 16.7 Å². The van der Waals surface area contributed by atoms with Gasteiger partial charge >= 0.3 is 5.97 Å². The minimum atomic E-state index is -1.15. The second-order valence-electron chi connectivity index (χ2n) is 4.59. The molecule has 1 aromatic rings. The van der Waals surface area contributed by atoms with Crippen LogP contribution in [0.1, 0.15) is 23.6 Å². The molecule has 0 saturated carbocycles. The molecule has 0 fully saturated rings. The number of methoxy groups -OCH3 is 1. The molecule has 0 heterocycles. The third-order valence-corrected chi connectivity index (χ3v) is 3.20. The zero-order valence-electron chi connectivity index (χ0n) is 11.8. The Kier molecular flexibility index (Phi) is 4.53. The maximum atomic E-state index is 11.8. The number of aryl methyl sites for hydroxylation is 2. The van der Waals surface area contributed by atoms with Crippen molar-refractivity contribution in [3.05, 3.63) is 22.8 Å². The summed E-state index contributed by atoms with van der Waals surface area (Å²) in [4.78, 5) is 22.6. The van der Waals surface area contributed by atoms with Crippen molar-refractivity contribution in [3.8, 4) is 5.75 Å². The van der Waals surface area contributed by atoms with Crippen molar-refractivity contribution in [2.24, 2.45) is 5.92 Å². The van der Waals surface area contributed by atoms with Crippen molar-refractivity contribution in [2.45, 2.75) is 27.7 Å². The van der Waals surface area contributed by atoms with Crippen LogP contribution in [0.25, 0.3) is 0 Å². The molecule has 2 N–H and O–H groups in total. The smallest absolute Gasteiger partial charge is 0.315 e. The second kappa shape index (κ2) is 5.73. The topological polar surface area (TPSA) is 75.6 Å². The summed E-state index contributed by atoms with van der Waals surface area (Å²) in [5.74, 6) is -2.25. The number of rotatable bonds is 4. The predicted molar refractivity (Wildman–Crippen MR) is 72.6 cm³/mol. The molecule has 0 aromatic heterocycles. The van der Waals surface area contributed by atoms with Crippen LogP contribution in [-0.4, -0.2) is 24.1 Å². The Morgan fingerprint density at radius 3 is 2.32 bits per heavy atom. The number of anilines is 1. The van der Waals surface area contributed by atoms with E-state index in [1.165, 1.54) is 14.0 Å². The quantitative estimate of drug-likeness (QED) is 0.819. The summed E-state index contributed by atoms with van der Waals surface area (Å²) in [7, 11) is 1.53. The average molecular weight is 265 g/mol. The fourth-order valence-electron chi connectivity index (χ4n) is 1.80. The van der Waals surface area contributed by atoms with Crippen LogP contribution >= 0.6 is 0 Å². The van der Waals surface area contributed by atoms with Crippen LogP contribution in [0.4, 0.5) is 5.69 Å².